The number of carbonyl (C=O) groups excluding carboxylic acids is 2. The average Bonchev–Trinajstić information content (AvgIpc) is 3.07. The van der Waals surface area contributed by atoms with Crippen molar-refractivity contribution in [1.29, 1.82) is 0 Å². The van der Waals surface area contributed by atoms with Crippen molar-refractivity contribution in [2.24, 2.45) is 10.9 Å². The lowest BCUT2D eigenvalue weighted by atomic mass is 9.71. The molecule has 1 saturated carbocycles. The molecule has 0 amide bonds. The van der Waals surface area contributed by atoms with Gasteiger partial charge in [0.25, 0.3) is 0 Å². The first kappa shape index (κ1) is 20.4. The van der Waals surface area contributed by atoms with E-state index in [1.807, 2.05) is 6.92 Å². The highest BCUT2D eigenvalue weighted by Crippen LogP contribution is 2.45. The lowest BCUT2D eigenvalue weighted by Crippen LogP contribution is -3.12. The number of ketones is 1. The molecule has 2 aliphatic heterocycles. The van der Waals surface area contributed by atoms with Gasteiger partial charge in [-0.15, -0.1) is 11.3 Å². The molecule has 1 aromatic rings. The fourth-order valence-electron chi connectivity index (χ4n) is 4.78. The fourth-order valence-corrected chi connectivity index (χ4v) is 5.98. The van der Waals surface area contributed by atoms with E-state index in [2.05, 4.69) is 18.0 Å². The third-order valence-corrected chi connectivity index (χ3v) is 7.48. The largest absolute Gasteiger partial charge is 0.466 e. The number of aryl methyl sites for hydroxylation is 1. The number of hydrogen-bond acceptors (Lipinski definition) is 6. The SMILES string of the molecule is COC(=O)C1=C(C)N=C2CCCC(=O)C2[C@@H]1c1cc(C[NH+]2CCOCC2)c(C)s1. The minimum Gasteiger partial charge on any atom is -0.466 e. The lowest BCUT2D eigenvalue weighted by molar-refractivity contribution is -0.921. The van der Waals surface area contributed by atoms with Gasteiger partial charge < -0.3 is 14.4 Å². The van der Waals surface area contributed by atoms with Crippen LogP contribution in [0.15, 0.2) is 22.3 Å². The third kappa shape index (κ3) is 3.96. The number of fused-ring (bicyclic) bond motifs is 1. The molecule has 0 spiro atoms. The van der Waals surface area contributed by atoms with Crippen molar-refractivity contribution in [2.45, 2.75) is 45.6 Å². The number of rotatable bonds is 4. The van der Waals surface area contributed by atoms with Gasteiger partial charge >= 0.3 is 5.97 Å². The summed E-state index contributed by atoms with van der Waals surface area (Å²) in [5.41, 5.74) is 3.47. The fraction of sp³-hybridized carbons (Fsp3) is 0.591. The van der Waals surface area contributed by atoms with Crippen molar-refractivity contribution in [3.8, 4) is 0 Å². The normalized spacial score (nSPS) is 25.6. The number of nitrogens with one attached hydrogen (secondary N) is 1. The number of hydrogen-bond donors (Lipinski definition) is 1. The van der Waals surface area contributed by atoms with Crippen LogP contribution in [-0.4, -0.2) is 50.9 Å². The Balaban J connectivity index is 1.72. The number of allylic oxidation sites excluding steroid dienone is 1. The van der Waals surface area contributed by atoms with Crippen molar-refractivity contribution < 1.29 is 24.0 Å². The van der Waals surface area contributed by atoms with Crippen molar-refractivity contribution in [3.63, 3.8) is 0 Å². The van der Waals surface area contributed by atoms with Gasteiger partial charge in [-0.1, -0.05) is 0 Å². The second-order valence-electron chi connectivity index (χ2n) is 8.14. The Labute approximate surface area is 175 Å². The highest BCUT2D eigenvalue weighted by molar-refractivity contribution is 7.12. The second kappa shape index (κ2) is 8.50. The molecule has 3 aliphatic rings. The van der Waals surface area contributed by atoms with Gasteiger partial charge in [-0.25, -0.2) is 4.79 Å². The quantitative estimate of drug-likeness (QED) is 0.759. The van der Waals surface area contributed by atoms with Crippen LogP contribution in [0.25, 0.3) is 0 Å². The van der Waals surface area contributed by atoms with E-state index < -0.39 is 0 Å². The molecular formula is C22H29N2O4S+. The number of morpholine rings is 1. The number of thiophene rings is 1. The van der Waals surface area contributed by atoms with E-state index >= 15 is 0 Å². The van der Waals surface area contributed by atoms with Crippen LogP contribution >= 0.6 is 11.3 Å². The predicted molar refractivity (Wildman–Crippen MR) is 112 cm³/mol. The second-order valence-corrected chi connectivity index (χ2v) is 9.43. The van der Waals surface area contributed by atoms with E-state index in [0.717, 1.165) is 56.3 Å². The molecule has 7 heteroatoms. The molecule has 3 heterocycles. The molecule has 2 atom stereocenters. The number of aliphatic imine (C=N–C) groups is 1. The highest BCUT2D eigenvalue weighted by Gasteiger charge is 2.44. The topological polar surface area (TPSA) is 69.4 Å². The molecule has 1 unspecified atom stereocenters. The van der Waals surface area contributed by atoms with E-state index in [0.29, 0.717) is 17.7 Å². The van der Waals surface area contributed by atoms with Crippen molar-refractivity contribution in [1.82, 2.24) is 0 Å². The Morgan fingerprint density at radius 3 is 2.76 bits per heavy atom. The summed E-state index contributed by atoms with van der Waals surface area (Å²) in [6.07, 6.45) is 2.23. The van der Waals surface area contributed by atoms with Crippen LogP contribution in [0, 0.1) is 12.8 Å². The number of methoxy groups -OCH3 is 1. The zero-order valence-electron chi connectivity index (χ0n) is 17.4. The molecule has 0 bridgehead atoms. The summed E-state index contributed by atoms with van der Waals surface area (Å²) in [6.45, 7) is 8.59. The average molecular weight is 418 g/mol. The Morgan fingerprint density at radius 1 is 1.28 bits per heavy atom. The number of nitrogens with zero attached hydrogens (tertiary/aromatic N) is 1. The van der Waals surface area contributed by atoms with Crippen molar-refractivity contribution >= 4 is 28.8 Å². The maximum absolute atomic E-state index is 12.9. The Hall–Kier alpha value is -1.83. The van der Waals surface area contributed by atoms with Crippen LogP contribution in [0.2, 0.25) is 0 Å². The van der Waals surface area contributed by atoms with Crippen LogP contribution in [-0.2, 0) is 25.6 Å². The van der Waals surface area contributed by atoms with Crippen LogP contribution in [0.5, 0.6) is 0 Å². The number of ether oxygens (including phenoxy) is 2. The number of Topliss-reactive ketones (excluding diaryl/α,β-unsaturated/α-hetero) is 1. The first-order valence-corrected chi connectivity index (χ1v) is 11.2. The zero-order valence-corrected chi connectivity index (χ0v) is 18.2. The maximum atomic E-state index is 12.9. The summed E-state index contributed by atoms with van der Waals surface area (Å²) in [6, 6.07) is 2.22. The first-order chi connectivity index (χ1) is 14.0. The summed E-state index contributed by atoms with van der Waals surface area (Å²) < 4.78 is 10.6. The van der Waals surface area contributed by atoms with E-state index in [9.17, 15) is 9.59 Å². The summed E-state index contributed by atoms with van der Waals surface area (Å²) in [7, 11) is 1.40. The smallest absolute Gasteiger partial charge is 0.336 e. The van der Waals surface area contributed by atoms with E-state index in [1.54, 1.807) is 11.3 Å². The van der Waals surface area contributed by atoms with Gasteiger partial charge in [0, 0.05) is 39.1 Å². The highest BCUT2D eigenvalue weighted by atomic mass is 32.1. The van der Waals surface area contributed by atoms with Crippen LogP contribution in [0.4, 0.5) is 0 Å². The molecule has 6 nitrogen and oxygen atoms in total. The standard InChI is InChI=1S/C22H28N2O4S/c1-13-19(22(26)27-3)21(20-16(23-13)5-4-6-17(20)25)18-11-15(14(2)29-18)12-24-7-9-28-10-8-24/h11,20-21H,4-10,12H2,1-3H3/p+1/t20?,21-/m1/s1. The van der Waals surface area contributed by atoms with Gasteiger partial charge in [-0.05, 0) is 32.8 Å². The van der Waals surface area contributed by atoms with Gasteiger partial charge in [-0.2, -0.15) is 0 Å². The Morgan fingerprint density at radius 2 is 2.03 bits per heavy atom. The third-order valence-electron chi connectivity index (χ3n) is 6.30. The molecule has 1 aliphatic carbocycles. The van der Waals surface area contributed by atoms with Crippen molar-refractivity contribution in [2.75, 3.05) is 33.4 Å². The predicted octanol–water partition coefficient (Wildman–Crippen LogP) is 1.83. The summed E-state index contributed by atoms with van der Waals surface area (Å²) in [4.78, 5) is 34.1. The van der Waals surface area contributed by atoms with Gasteiger partial charge in [-0.3, -0.25) is 9.79 Å². The maximum Gasteiger partial charge on any atom is 0.336 e. The molecule has 156 valence electrons. The van der Waals surface area contributed by atoms with E-state index in [-0.39, 0.29) is 23.6 Å². The Kier molecular flexibility index (Phi) is 5.99. The monoisotopic (exact) mass is 417 g/mol. The molecule has 0 radical (unpaired) electrons. The van der Waals surface area contributed by atoms with Crippen molar-refractivity contribution in [3.05, 3.63) is 32.7 Å². The molecule has 1 N–H and O–H groups in total. The molecule has 0 aromatic carbocycles. The molecule has 1 saturated heterocycles. The zero-order chi connectivity index (χ0) is 20.5. The van der Waals surface area contributed by atoms with Gasteiger partial charge in [0.2, 0.25) is 0 Å². The molecular weight excluding hydrogens is 388 g/mol. The number of carbonyl (C=O) groups is 2. The Bertz CT molecular complexity index is 879. The summed E-state index contributed by atoms with van der Waals surface area (Å²) in [5.74, 6) is -0.788. The molecule has 4 rings (SSSR count). The molecule has 2 fully saturated rings. The van der Waals surface area contributed by atoms with Gasteiger partial charge in [0.05, 0.1) is 31.8 Å². The van der Waals surface area contributed by atoms with E-state index in [4.69, 9.17) is 9.47 Å². The van der Waals surface area contributed by atoms with Crippen LogP contribution in [0.3, 0.4) is 0 Å². The minimum absolute atomic E-state index is 0.195. The van der Waals surface area contributed by atoms with E-state index in [1.165, 1.54) is 22.5 Å². The molecule has 1 aromatic heterocycles. The number of quaternary nitrogens is 1. The minimum atomic E-state index is -0.375. The van der Waals surface area contributed by atoms with Gasteiger partial charge in [0.15, 0.2) is 0 Å². The van der Waals surface area contributed by atoms with Gasteiger partial charge in [0.1, 0.15) is 25.4 Å². The summed E-state index contributed by atoms with van der Waals surface area (Å²) in [5, 5.41) is 0. The first-order valence-electron chi connectivity index (χ1n) is 10.4. The molecule has 29 heavy (non-hydrogen) atoms. The lowest BCUT2D eigenvalue weighted by Gasteiger charge is -2.34. The summed E-state index contributed by atoms with van der Waals surface area (Å²) >= 11 is 1.71. The van der Waals surface area contributed by atoms with Crippen LogP contribution in [0.1, 0.15) is 47.4 Å². The van der Waals surface area contributed by atoms with Crippen LogP contribution < -0.4 is 4.90 Å². The number of esters is 1.